The SMILES string of the molecule is CCOC(=O)[C@@H]1C=C(c2ccc(Cl)cc2)N=C1N1CCOCC1. The minimum Gasteiger partial charge on any atom is -0.465 e. The van der Waals surface area contributed by atoms with E-state index in [0.717, 1.165) is 30.2 Å². The molecular weight excluding hydrogens is 316 g/mol. The van der Waals surface area contributed by atoms with Crippen LogP contribution in [0.5, 0.6) is 0 Å². The van der Waals surface area contributed by atoms with Gasteiger partial charge in [0.2, 0.25) is 0 Å². The fourth-order valence-electron chi connectivity index (χ4n) is 2.71. The molecular formula is C17H19ClN2O3. The van der Waals surface area contributed by atoms with Gasteiger partial charge < -0.3 is 14.4 Å². The van der Waals surface area contributed by atoms with Gasteiger partial charge in [-0.05, 0) is 30.7 Å². The molecule has 0 N–H and O–H groups in total. The van der Waals surface area contributed by atoms with Gasteiger partial charge in [0.25, 0.3) is 0 Å². The van der Waals surface area contributed by atoms with E-state index in [4.69, 9.17) is 26.1 Å². The molecule has 1 aromatic rings. The van der Waals surface area contributed by atoms with Crippen LogP contribution in [-0.2, 0) is 14.3 Å². The summed E-state index contributed by atoms with van der Waals surface area (Å²) in [6.07, 6.45) is 1.87. The smallest absolute Gasteiger partial charge is 0.320 e. The third-order valence-corrected chi connectivity index (χ3v) is 4.11. The number of esters is 1. The fourth-order valence-corrected chi connectivity index (χ4v) is 2.84. The van der Waals surface area contributed by atoms with Gasteiger partial charge in [-0.3, -0.25) is 4.79 Å². The van der Waals surface area contributed by atoms with Gasteiger partial charge in [0.05, 0.1) is 25.5 Å². The van der Waals surface area contributed by atoms with E-state index in [9.17, 15) is 4.79 Å². The number of hydrogen-bond donors (Lipinski definition) is 0. The maximum absolute atomic E-state index is 12.3. The highest BCUT2D eigenvalue weighted by Crippen LogP contribution is 2.29. The largest absolute Gasteiger partial charge is 0.465 e. The van der Waals surface area contributed by atoms with Crippen LogP contribution in [0.1, 0.15) is 12.5 Å². The third kappa shape index (κ3) is 3.57. The van der Waals surface area contributed by atoms with Crippen LogP contribution in [0.15, 0.2) is 35.3 Å². The van der Waals surface area contributed by atoms with Crippen LogP contribution in [-0.4, -0.2) is 49.6 Å². The maximum Gasteiger partial charge on any atom is 0.320 e. The fraction of sp³-hybridized carbons (Fsp3) is 0.412. The molecule has 0 bridgehead atoms. The van der Waals surface area contributed by atoms with Gasteiger partial charge in [-0.2, -0.15) is 0 Å². The highest BCUT2D eigenvalue weighted by Gasteiger charge is 2.33. The average Bonchev–Trinajstić information content (AvgIpc) is 3.02. The Hall–Kier alpha value is -1.85. The van der Waals surface area contributed by atoms with Crippen molar-refractivity contribution in [3.63, 3.8) is 0 Å². The van der Waals surface area contributed by atoms with Crippen LogP contribution in [0.3, 0.4) is 0 Å². The molecule has 0 radical (unpaired) electrons. The van der Waals surface area contributed by atoms with Gasteiger partial charge in [0, 0.05) is 18.1 Å². The lowest BCUT2D eigenvalue weighted by Gasteiger charge is -2.30. The standard InChI is InChI=1S/C17H19ClN2O3/c1-2-23-17(21)14-11-15(12-3-5-13(18)6-4-12)19-16(14)20-7-9-22-10-8-20/h3-6,11,14H,2,7-10H2,1H3/t14-/m1/s1. The predicted octanol–water partition coefficient (Wildman–Crippen LogP) is 2.60. The molecule has 1 fully saturated rings. The molecule has 0 amide bonds. The zero-order chi connectivity index (χ0) is 16.2. The Morgan fingerprint density at radius 2 is 2.04 bits per heavy atom. The van der Waals surface area contributed by atoms with Crippen LogP contribution in [0, 0.1) is 5.92 Å². The van der Waals surface area contributed by atoms with E-state index in [1.165, 1.54) is 0 Å². The molecule has 122 valence electrons. The first-order valence-corrected chi connectivity index (χ1v) is 8.12. The number of benzene rings is 1. The average molecular weight is 335 g/mol. The molecule has 2 aliphatic rings. The van der Waals surface area contributed by atoms with Gasteiger partial charge in [-0.1, -0.05) is 23.7 Å². The first-order valence-electron chi connectivity index (χ1n) is 7.74. The number of morpholine rings is 1. The van der Waals surface area contributed by atoms with Crippen molar-refractivity contribution in [3.8, 4) is 0 Å². The second kappa shape index (κ2) is 7.15. The molecule has 1 saturated heterocycles. The molecule has 23 heavy (non-hydrogen) atoms. The normalized spacial score (nSPS) is 21.0. The zero-order valence-corrected chi connectivity index (χ0v) is 13.8. The van der Waals surface area contributed by atoms with Crippen molar-refractivity contribution in [2.75, 3.05) is 32.9 Å². The molecule has 0 spiro atoms. The molecule has 6 heteroatoms. The van der Waals surface area contributed by atoms with E-state index < -0.39 is 5.92 Å². The summed E-state index contributed by atoms with van der Waals surface area (Å²) in [5, 5.41) is 0.673. The molecule has 0 saturated carbocycles. The molecule has 0 aromatic heterocycles. The summed E-state index contributed by atoms with van der Waals surface area (Å²) in [6.45, 7) is 4.92. The van der Waals surface area contributed by atoms with Crippen molar-refractivity contribution in [2.45, 2.75) is 6.92 Å². The molecule has 2 heterocycles. The first kappa shape index (κ1) is 16.0. The van der Waals surface area contributed by atoms with E-state index >= 15 is 0 Å². The lowest BCUT2D eigenvalue weighted by molar-refractivity contribution is -0.144. The molecule has 0 unspecified atom stereocenters. The molecule has 1 atom stereocenters. The number of carbonyl (C=O) groups is 1. The summed E-state index contributed by atoms with van der Waals surface area (Å²) in [4.78, 5) is 19.1. The van der Waals surface area contributed by atoms with Crippen molar-refractivity contribution in [2.24, 2.45) is 10.9 Å². The van der Waals surface area contributed by atoms with Gasteiger partial charge in [-0.25, -0.2) is 4.99 Å². The quantitative estimate of drug-likeness (QED) is 0.797. The van der Waals surface area contributed by atoms with Crippen LogP contribution in [0.4, 0.5) is 0 Å². The second-order valence-electron chi connectivity index (χ2n) is 5.36. The summed E-state index contributed by atoms with van der Waals surface area (Å²) in [5.74, 6) is 0.0251. The minimum absolute atomic E-state index is 0.262. The minimum atomic E-state index is -0.460. The summed E-state index contributed by atoms with van der Waals surface area (Å²) < 4.78 is 10.6. The van der Waals surface area contributed by atoms with Crippen molar-refractivity contribution < 1.29 is 14.3 Å². The topological polar surface area (TPSA) is 51.1 Å². The maximum atomic E-state index is 12.3. The van der Waals surface area contributed by atoms with E-state index in [1.54, 1.807) is 0 Å². The van der Waals surface area contributed by atoms with Crippen LogP contribution in [0.25, 0.3) is 5.70 Å². The van der Waals surface area contributed by atoms with Gasteiger partial charge in [-0.15, -0.1) is 0 Å². The number of ether oxygens (including phenoxy) is 2. The first-order chi connectivity index (χ1) is 11.2. The molecule has 2 aliphatic heterocycles. The Kier molecular flexibility index (Phi) is 4.98. The summed E-state index contributed by atoms with van der Waals surface area (Å²) in [6, 6.07) is 7.45. The summed E-state index contributed by atoms with van der Waals surface area (Å²) in [7, 11) is 0. The number of amidine groups is 1. The monoisotopic (exact) mass is 334 g/mol. The van der Waals surface area contributed by atoms with E-state index in [1.807, 2.05) is 37.3 Å². The molecule has 0 aliphatic carbocycles. The van der Waals surface area contributed by atoms with Crippen molar-refractivity contribution in [1.29, 1.82) is 0 Å². The summed E-state index contributed by atoms with van der Waals surface area (Å²) in [5.41, 5.74) is 1.72. The van der Waals surface area contributed by atoms with Crippen molar-refractivity contribution in [3.05, 3.63) is 40.9 Å². The van der Waals surface area contributed by atoms with Crippen LogP contribution < -0.4 is 0 Å². The Bertz CT molecular complexity index is 634. The van der Waals surface area contributed by atoms with E-state index in [-0.39, 0.29) is 5.97 Å². The molecule has 1 aromatic carbocycles. The zero-order valence-electron chi connectivity index (χ0n) is 13.0. The van der Waals surface area contributed by atoms with E-state index in [2.05, 4.69) is 4.90 Å². The van der Waals surface area contributed by atoms with Crippen molar-refractivity contribution in [1.82, 2.24) is 4.90 Å². The number of carbonyl (C=O) groups excluding carboxylic acids is 1. The number of hydrogen-bond acceptors (Lipinski definition) is 5. The van der Waals surface area contributed by atoms with E-state index in [0.29, 0.717) is 24.8 Å². The highest BCUT2D eigenvalue weighted by atomic mass is 35.5. The molecule has 3 rings (SSSR count). The van der Waals surface area contributed by atoms with Crippen LogP contribution >= 0.6 is 11.6 Å². The van der Waals surface area contributed by atoms with Gasteiger partial charge >= 0.3 is 5.97 Å². The molecule has 5 nitrogen and oxygen atoms in total. The number of rotatable bonds is 3. The highest BCUT2D eigenvalue weighted by molar-refractivity contribution is 6.30. The lowest BCUT2D eigenvalue weighted by atomic mass is 10.1. The second-order valence-corrected chi connectivity index (χ2v) is 5.79. The lowest BCUT2D eigenvalue weighted by Crippen LogP contribution is -2.44. The number of halogens is 1. The van der Waals surface area contributed by atoms with Crippen LogP contribution in [0.2, 0.25) is 5.02 Å². The Labute approximate surface area is 140 Å². The Morgan fingerprint density at radius 1 is 1.35 bits per heavy atom. The van der Waals surface area contributed by atoms with Gasteiger partial charge in [0.15, 0.2) is 0 Å². The van der Waals surface area contributed by atoms with Gasteiger partial charge in [0.1, 0.15) is 11.8 Å². The predicted molar refractivity (Wildman–Crippen MR) is 89.4 cm³/mol. The number of aliphatic imine (C=N–C) groups is 1. The third-order valence-electron chi connectivity index (χ3n) is 3.85. The number of nitrogens with zero attached hydrogens (tertiary/aromatic N) is 2. The summed E-state index contributed by atoms with van der Waals surface area (Å²) >= 11 is 5.94. The Morgan fingerprint density at radius 3 is 2.70 bits per heavy atom. The Balaban J connectivity index is 1.89. The van der Waals surface area contributed by atoms with Crippen molar-refractivity contribution >= 4 is 29.1 Å².